The van der Waals surface area contributed by atoms with E-state index < -0.39 is 24.0 Å². The first kappa shape index (κ1) is 13.0. The summed E-state index contributed by atoms with van der Waals surface area (Å²) in [5.74, 6) is -2.05. The molecule has 98 valence electrons. The lowest BCUT2D eigenvalue weighted by molar-refractivity contribution is -0.142. The van der Waals surface area contributed by atoms with E-state index in [2.05, 4.69) is 5.32 Å². The summed E-state index contributed by atoms with van der Waals surface area (Å²) in [6.07, 6.45) is 0. The van der Waals surface area contributed by atoms with Crippen molar-refractivity contribution in [1.82, 2.24) is 5.32 Å². The number of carboxylic acids is 1. The van der Waals surface area contributed by atoms with Crippen LogP contribution in [-0.2, 0) is 14.3 Å². The van der Waals surface area contributed by atoms with Crippen molar-refractivity contribution >= 4 is 23.2 Å². The average molecular weight is 270 g/mol. The Hall–Kier alpha value is -1.44. The van der Waals surface area contributed by atoms with E-state index in [1.54, 1.807) is 6.07 Å². The maximum Gasteiger partial charge on any atom is 0.311 e. The molecule has 0 radical (unpaired) electrons. The van der Waals surface area contributed by atoms with Crippen LogP contribution in [0.4, 0.5) is 0 Å². The molecule has 0 saturated carbocycles. The molecule has 2 heterocycles. The maximum absolute atomic E-state index is 11.9. The molecule has 1 aliphatic rings. The molecule has 1 aromatic heterocycles. The standard InChI is InChI=1S/C11H14N2O4S/c12-9(8-2-1-3-18-8)10(14)13-7-5-17-4-6(7)11(15)16/h1-3,6-7,9H,4-5,12H2,(H,13,14)(H,15,16). The molecular weight excluding hydrogens is 256 g/mol. The molecule has 1 aliphatic heterocycles. The number of carboxylic acid groups (broad SMARTS) is 1. The highest BCUT2D eigenvalue weighted by molar-refractivity contribution is 7.10. The molecule has 2 rings (SSSR count). The molecule has 1 aromatic rings. The quantitative estimate of drug-likeness (QED) is 0.713. The Morgan fingerprint density at radius 2 is 2.33 bits per heavy atom. The van der Waals surface area contributed by atoms with Crippen molar-refractivity contribution < 1.29 is 19.4 Å². The van der Waals surface area contributed by atoms with E-state index in [-0.39, 0.29) is 19.1 Å². The summed E-state index contributed by atoms with van der Waals surface area (Å²) in [7, 11) is 0. The van der Waals surface area contributed by atoms with Gasteiger partial charge in [-0.2, -0.15) is 0 Å². The number of hydrogen-bond donors (Lipinski definition) is 3. The zero-order valence-electron chi connectivity index (χ0n) is 9.54. The van der Waals surface area contributed by atoms with Crippen molar-refractivity contribution in [2.75, 3.05) is 13.2 Å². The van der Waals surface area contributed by atoms with Crippen molar-refractivity contribution in [2.24, 2.45) is 11.7 Å². The van der Waals surface area contributed by atoms with Gasteiger partial charge in [0.05, 0.1) is 19.3 Å². The fourth-order valence-electron chi connectivity index (χ4n) is 1.81. The minimum absolute atomic E-state index is 0.120. The van der Waals surface area contributed by atoms with Crippen LogP contribution in [0.3, 0.4) is 0 Å². The van der Waals surface area contributed by atoms with Crippen molar-refractivity contribution in [1.29, 1.82) is 0 Å². The smallest absolute Gasteiger partial charge is 0.311 e. The van der Waals surface area contributed by atoms with Crippen LogP contribution in [0.1, 0.15) is 10.9 Å². The van der Waals surface area contributed by atoms with Crippen molar-refractivity contribution in [3.8, 4) is 0 Å². The lowest BCUT2D eigenvalue weighted by Crippen LogP contribution is -2.46. The van der Waals surface area contributed by atoms with E-state index in [0.717, 1.165) is 4.88 Å². The van der Waals surface area contributed by atoms with Crippen LogP contribution >= 0.6 is 11.3 Å². The molecule has 4 N–H and O–H groups in total. The van der Waals surface area contributed by atoms with Gasteiger partial charge in [0, 0.05) is 4.88 Å². The Labute approximate surface area is 108 Å². The molecule has 1 amide bonds. The van der Waals surface area contributed by atoms with Gasteiger partial charge < -0.3 is 20.9 Å². The number of carbonyl (C=O) groups excluding carboxylic acids is 1. The second kappa shape index (κ2) is 5.47. The molecular formula is C11H14N2O4S. The third-order valence-corrected chi connectivity index (χ3v) is 3.81. The SMILES string of the molecule is NC(C(=O)NC1COCC1C(=O)O)c1cccs1. The first-order chi connectivity index (χ1) is 8.59. The van der Waals surface area contributed by atoms with Gasteiger partial charge in [0.15, 0.2) is 0 Å². The van der Waals surface area contributed by atoms with Crippen LogP contribution in [-0.4, -0.2) is 36.2 Å². The molecule has 1 fully saturated rings. The Morgan fingerprint density at radius 1 is 1.56 bits per heavy atom. The van der Waals surface area contributed by atoms with Gasteiger partial charge in [-0.15, -0.1) is 11.3 Å². The zero-order valence-corrected chi connectivity index (χ0v) is 10.4. The number of thiophene rings is 1. The second-order valence-electron chi connectivity index (χ2n) is 4.09. The van der Waals surface area contributed by atoms with Gasteiger partial charge in [-0.05, 0) is 11.4 Å². The van der Waals surface area contributed by atoms with Crippen LogP contribution in [0.2, 0.25) is 0 Å². The minimum Gasteiger partial charge on any atom is -0.481 e. The van der Waals surface area contributed by atoms with E-state index in [0.29, 0.717) is 0 Å². The molecule has 0 aliphatic carbocycles. The van der Waals surface area contributed by atoms with Crippen LogP contribution < -0.4 is 11.1 Å². The monoisotopic (exact) mass is 270 g/mol. The molecule has 6 nitrogen and oxygen atoms in total. The highest BCUT2D eigenvalue weighted by Crippen LogP contribution is 2.19. The molecule has 7 heteroatoms. The Kier molecular flexibility index (Phi) is 3.95. The van der Waals surface area contributed by atoms with E-state index in [1.165, 1.54) is 11.3 Å². The van der Waals surface area contributed by atoms with Gasteiger partial charge in [-0.1, -0.05) is 6.07 Å². The Balaban J connectivity index is 1.97. The van der Waals surface area contributed by atoms with Gasteiger partial charge >= 0.3 is 5.97 Å². The number of nitrogens with one attached hydrogen (secondary N) is 1. The number of ether oxygens (including phenoxy) is 1. The number of aliphatic carboxylic acids is 1. The summed E-state index contributed by atoms with van der Waals surface area (Å²) in [6.45, 7) is 0.328. The highest BCUT2D eigenvalue weighted by atomic mass is 32.1. The van der Waals surface area contributed by atoms with E-state index in [4.69, 9.17) is 15.6 Å². The number of hydrogen-bond acceptors (Lipinski definition) is 5. The molecule has 0 spiro atoms. The largest absolute Gasteiger partial charge is 0.481 e. The van der Waals surface area contributed by atoms with Gasteiger partial charge in [0.1, 0.15) is 12.0 Å². The van der Waals surface area contributed by atoms with E-state index >= 15 is 0 Å². The lowest BCUT2D eigenvalue weighted by Gasteiger charge is -2.18. The van der Waals surface area contributed by atoms with Gasteiger partial charge in [-0.3, -0.25) is 9.59 Å². The van der Waals surface area contributed by atoms with Crippen molar-refractivity contribution in [3.05, 3.63) is 22.4 Å². The van der Waals surface area contributed by atoms with Gasteiger partial charge in [-0.25, -0.2) is 0 Å². The Morgan fingerprint density at radius 3 is 2.94 bits per heavy atom. The van der Waals surface area contributed by atoms with Crippen LogP contribution in [0, 0.1) is 5.92 Å². The highest BCUT2D eigenvalue weighted by Gasteiger charge is 2.36. The van der Waals surface area contributed by atoms with Crippen molar-refractivity contribution in [3.63, 3.8) is 0 Å². The van der Waals surface area contributed by atoms with Crippen LogP contribution in [0.5, 0.6) is 0 Å². The summed E-state index contributed by atoms with van der Waals surface area (Å²) in [5, 5.41) is 13.4. The third-order valence-electron chi connectivity index (χ3n) is 2.86. The number of rotatable bonds is 4. The molecule has 18 heavy (non-hydrogen) atoms. The zero-order chi connectivity index (χ0) is 13.1. The molecule has 0 bridgehead atoms. The van der Waals surface area contributed by atoms with E-state index in [9.17, 15) is 9.59 Å². The number of amides is 1. The fraction of sp³-hybridized carbons (Fsp3) is 0.455. The lowest BCUT2D eigenvalue weighted by atomic mass is 10.0. The summed E-state index contributed by atoms with van der Waals surface area (Å²) in [5.41, 5.74) is 5.79. The molecule has 1 saturated heterocycles. The van der Waals surface area contributed by atoms with Crippen LogP contribution in [0.25, 0.3) is 0 Å². The average Bonchev–Trinajstić information content (AvgIpc) is 2.98. The second-order valence-corrected chi connectivity index (χ2v) is 5.07. The molecule has 0 aromatic carbocycles. The van der Waals surface area contributed by atoms with Gasteiger partial charge in [0.25, 0.3) is 0 Å². The summed E-state index contributed by atoms with van der Waals surface area (Å²) >= 11 is 1.39. The third kappa shape index (κ3) is 2.69. The van der Waals surface area contributed by atoms with Crippen LogP contribution in [0.15, 0.2) is 17.5 Å². The number of carbonyl (C=O) groups is 2. The summed E-state index contributed by atoms with van der Waals surface area (Å²) in [4.78, 5) is 23.6. The molecule has 3 unspecified atom stereocenters. The normalized spacial score (nSPS) is 24.7. The number of nitrogens with two attached hydrogens (primary N) is 1. The van der Waals surface area contributed by atoms with Crippen molar-refractivity contribution in [2.45, 2.75) is 12.1 Å². The van der Waals surface area contributed by atoms with E-state index in [1.807, 2.05) is 11.4 Å². The predicted molar refractivity (Wildman–Crippen MR) is 65.1 cm³/mol. The topological polar surface area (TPSA) is 102 Å². The van der Waals surface area contributed by atoms with Gasteiger partial charge in [0.2, 0.25) is 5.91 Å². The minimum atomic E-state index is -0.970. The first-order valence-corrected chi connectivity index (χ1v) is 6.37. The molecule has 3 atom stereocenters. The fourth-order valence-corrected chi connectivity index (χ4v) is 2.53. The predicted octanol–water partition coefficient (Wildman–Crippen LogP) is -0.0363. The summed E-state index contributed by atoms with van der Waals surface area (Å²) in [6, 6.07) is 2.31. The summed E-state index contributed by atoms with van der Waals surface area (Å²) < 4.78 is 5.07. The Bertz CT molecular complexity index is 434. The maximum atomic E-state index is 11.9. The first-order valence-electron chi connectivity index (χ1n) is 5.49.